The number of carbonyl (C=O) groups is 1. The Labute approximate surface area is 145 Å². The van der Waals surface area contributed by atoms with E-state index in [1.165, 1.54) is 0 Å². The van der Waals surface area contributed by atoms with Crippen molar-refractivity contribution in [1.29, 1.82) is 0 Å². The van der Waals surface area contributed by atoms with Crippen LogP contribution in [0.1, 0.15) is 29.2 Å². The van der Waals surface area contributed by atoms with Crippen LogP contribution >= 0.6 is 0 Å². The van der Waals surface area contributed by atoms with Gasteiger partial charge in [0.2, 0.25) is 0 Å². The van der Waals surface area contributed by atoms with E-state index < -0.39 is 0 Å². The monoisotopic (exact) mass is 334 g/mol. The van der Waals surface area contributed by atoms with Crippen LogP contribution in [0.2, 0.25) is 0 Å². The number of hydrogen-bond donors (Lipinski definition) is 0. The first kappa shape index (κ1) is 14.5. The van der Waals surface area contributed by atoms with Crippen molar-refractivity contribution in [3.8, 4) is 11.3 Å². The van der Waals surface area contributed by atoms with Gasteiger partial charge in [-0.25, -0.2) is 4.98 Å². The fourth-order valence-electron chi connectivity index (χ4n) is 4.20. The standard InChI is InChI=1S/C19H18N4O2/c24-17(16-4-2-10-25-16)22-8-5-19(13-22)6-9-23-15(12-21-18(19)23)14-3-1-7-20-11-14/h1-4,7,10-12H,5-6,8-9,13H2. The minimum absolute atomic E-state index is 0.0284. The topological polar surface area (TPSA) is 64.2 Å². The van der Waals surface area contributed by atoms with Crippen molar-refractivity contribution < 1.29 is 9.21 Å². The van der Waals surface area contributed by atoms with Gasteiger partial charge in [-0.1, -0.05) is 0 Å². The normalized spacial score (nSPS) is 21.8. The van der Waals surface area contributed by atoms with E-state index in [-0.39, 0.29) is 11.3 Å². The summed E-state index contributed by atoms with van der Waals surface area (Å²) in [6.45, 7) is 2.38. The lowest BCUT2D eigenvalue weighted by Gasteiger charge is -2.22. The summed E-state index contributed by atoms with van der Waals surface area (Å²) in [7, 11) is 0. The molecule has 0 bridgehead atoms. The molecule has 6 nitrogen and oxygen atoms in total. The summed E-state index contributed by atoms with van der Waals surface area (Å²) in [5.41, 5.74) is 2.15. The Kier molecular flexibility index (Phi) is 3.07. The predicted octanol–water partition coefficient (Wildman–Crippen LogP) is 2.73. The Morgan fingerprint density at radius 2 is 2.08 bits per heavy atom. The summed E-state index contributed by atoms with van der Waals surface area (Å²) in [5, 5.41) is 0. The molecular formula is C19H18N4O2. The predicted molar refractivity (Wildman–Crippen MR) is 91.0 cm³/mol. The summed E-state index contributed by atoms with van der Waals surface area (Å²) in [6.07, 6.45) is 9.10. The van der Waals surface area contributed by atoms with Gasteiger partial charge in [0.05, 0.1) is 18.2 Å². The number of pyridine rings is 1. The lowest BCUT2D eigenvalue weighted by molar-refractivity contribution is 0.0751. The number of nitrogens with zero attached hydrogens (tertiary/aromatic N) is 4. The van der Waals surface area contributed by atoms with Gasteiger partial charge in [0.1, 0.15) is 5.82 Å². The molecule has 1 fully saturated rings. The molecule has 0 aliphatic carbocycles. The van der Waals surface area contributed by atoms with Gasteiger partial charge in [0.15, 0.2) is 5.76 Å². The quantitative estimate of drug-likeness (QED) is 0.723. The lowest BCUT2D eigenvalue weighted by Crippen LogP contribution is -2.33. The van der Waals surface area contributed by atoms with Crippen LogP contribution in [-0.2, 0) is 12.0 Å². The summed E-state index contributed by atoms with van der Waals surface area (Å²) in [5.74, 6) is 1.48. The molecule has 1 unspecified atom stereocenters. The summed E-state index contributed by atoms with van der Waals surface area (Å²) in [4.78, 5) is 23.4. The zero-order valence-corrected chi connectivity index (χ0v) is 13.8. The fraction of sp³-hybridized carbons (Fsp3) is 0.316. The van der Waals surface area contributed by atoms with Gasteiger partial charge in [-0.05, 0) is 37.1 Å². The third kappa shape index (κ3) is 2.13. The number of imidazole rings is 1. The first-order valence-corrected chi connectivity index (χ1v) is 8.56. The van der Waals surface area contributed by atoms with Crippen molar-refractivity contribution in [1.82, 2.24) is 19.4 Å². The molecule has 3 aromatic rings. The maximum absolute atomic E-state index is 12.6. The molecule has 1 atom stereocenters. The molecule has 1 spiro atoms. The number of rotatable bonds is 2. The van der Waals surface area contributed by atoms with Crippen molar-refractivity contribution in [2.75, 3.05) is 13.1 Å². The molecule has 1 saturated heterocycles. The van der Waals surface area contributed by atoms with E-state index in [2.05, 4.69) is 15.6 Å². The maximum atomic E-state index is 12.6. The molecular weight excluding hydrogens is 316 g/mol. The van der Waals surface area contributed by atoms with E-state index in [1.54, 1.807) is 24.6 Å². The van der Waals surface area contributed by atoms with Gasteiger partial charge in [0.25, 0.3) is 5.91 Å². The van der Waals surface area contributed by atoms with Crippen LogP contribution in [0.5, 0.6) is 0 Å². The number of furan rings is 1. The summed E-state index contributed by atoms with van der Waals surface area (Å²) >= 11 is 0. The lowest BCUT2D eigenvalue weighted by atomic mass is 9.85. The highest BCUT2D eigenvalue weighted by molar-refractivity contribution is 5.91. The third-order valence-electron chi connectivity index (χ3n) is 5.47. The molecule has 25 heavy (non-hydrogen) atoms. The number of hydrogen-bond acceptors (Lipinski definition) is 4. The van der Waals surface area contributed by atoms with Crippen molar-refractivity contribution in [2.24, 2.45) is 0 Å². The average molecular weight is 334 g/mol. The molecule has 2 aliphatic rings. The van der Waals surface area contributed by atoms with Crippen LogP contribution in [-0.4, -0.2) is 38.4 Å². The number of aromatic nitrogens is 3. The molecule has 6 heteroatoms. The molecule has 0 N–H and O–H groups in total. The second-order valence-corrected chi connectivity index (χ2v) is 6.84. The van der Waals surface area contributed by atoms with Gasteiger partial charge < -0.3 is 13.9 Å². The zero-order valence-electron chi connectivity index (χ0n) is 13.8. The van der Waals surface area contributed by atoms with Crippen molar-refractivity contribution in [2.45, 2.75) is 24.8 Å². The number of fused-ring (bicyclic) bond motifs is 2. The highest BCUT2D eigenvalue weighted by atomic mass is 16.3. The Bertz CT molecular complexity index is 916. The summed E-state index contributed by atoms with van der Waals surface area (Å²) in [6, 6.07) is 7.48. The van der Waals surface area contributed by atoms with Crippen LogP contribution in [0.15, 0.2) is 53.5 Å². The Morgan fingerprint density at radius 1 is 1.16 bits per heavy atom. The third-order valence-corrected chi connectivity index (χ3v) is 5.47. The average Bonchev–Trinajstić information content (AvgIpc) is 3.43. The smallest absolute Gasteiger partial charge is 0.289 e. The van der Waals surface area contributed by atoms with E-state index in [9.17, 15) is 4.79 Å². The van der Waals surface area contributed by atoms with Gasteiger partial charge in [-0.15, -0.1) is 0 Å². The number of likely N-dealkylation sites (tertiary alicyclic amines) is 1. The fourth-order valence-corrected chi connectivity index (χ4v) is 4.20. The highest BCUT2D eigenvalue weighted by Gasteiger charge is 2.48. The minimum atomic E-state index is -0.0390. The van der Waals surface area contributed by atoms with Crippen LogP contribution in [0.3, 0.4) is 0 Å². The summed E-state index contributed by atoms with van der Waals surface area (Å²) < 4.78 is 7.56. The van der Waals surface area contributed by atoms with E-state index in [4.69, 9.17) is 9.40 Å². The van der Waals surface area contributed by atoms with Crippen molar-refractivity contribution in [3.63, 3.8) is 0 Å². The Hall–Kier alpha value is -2.89. The van der Waals surface area contributed by atoms with Gasteiger partial charge in [0, 0.05) is 43.0 Å². The second kappa shape index (κ2) is 5.31. The molecule has 3 aromatic heterocycles. The van der Waals surface area contributed by atoms with Crippen LogP contribution < -0.4 is 0 Å². The maximum Gasteiger partial charge on any atom is 0.289 e. The Balaban J connectivity index is 1.45. The van der Waals surface area contributed by atoms with Gasteiger partial charge in [-0.3, -0.25) is 9.78 Å². The van der Waals surface area contributed by atoms with Gasteiger partial charge in [-0.2, -0.15) is 0 Å². The molecule has 126 valence electrons. The highest BCUT2D eigenvalue weighted by Crippen LogP contribution is 2.44. The molecule has 5 heterocycles. The van der Waals surface area contributed by atoms with E-state index >= 15 is 0 Å². The Morgan fingerprint density at radius 3 is 2.88 bits per heavy atom. The molecule has 1 amide bonds. The van der Waals surface area contributed by atoms with Crippen molar-refractivity contribution in [3.05, 3.63) is 60.7 Å². The number of amides is 1. The van der Waals surface area contributed by atoms with Crippen molar-refractivity contribution >= 4 is 5.91 Å². The number of carbonyl (C=O) groups excluding carboxylic acids is 1. The first-order chi connectivity index (χ1) is 12.3. The van der Waals surface area contributed by atoms with E-state index in [0.717, 1.165) is 43.0 Å². The second-order valence-electron chi connectivity index (χ2n) is 6.84. The molecule has 0 saturated carbocycles. The van der Waals surface area contributed by atoms with Crippen LogP contribution in [0.25, 0.3) is 11.3 Å². The molecule has 2 aliphatic heterocycles. The van der Waals surface area contributed by atoms with Crippen LogP contribution in [0.4, 0.5) is 0 Å². The van der Waals surface area contributed by atoms with Crippen LogP contribution in [0, 0.1) is 0 Å². The molecule has 5 rings (SSSR count). The molecule has 0 aromatic carbocycles. The zero-order chi connectivity index (χ0) is 16.9. The van der Waals surface area contributed by atoms with E-state index in [1.807, 2.05) is 23.4 Å². The molecule has 0 radical (unpaired) electrons. The van der Waals surface area contributed by atoms with Gasteiger partial charge >= 0.3 is 0 Å². The van der Waals surface area contributed by atoms with E-state index in [0.29, 0.717) is 12.3 Å². The first-order valence-electron chi connectivity index (χ1n) is 8.56. The minimum Gasteiger partial charge on any atom is -0.459 e. The SMILES string of the molecule is O=C(c1ccco1)N1CCC2(CCn3c(-c4cccnc4)cnc32)C1. The largest absolute Gasteiger partial charge is 0.459 e.